The zero-order chi connectivity index (χ0) is 12.1. The second-order valence-electron chi connectivity index (χ2n) is 3.87. The van der Waals surface area contributed by atoms with Crippen molar-refractivity contribution in [2.45, 2.75) is 13.3 Å². The van der Waals surface area contributed by atoms with Crippen LogP contribution in [0.5, 0.6) is 11.6 Å². The lowest BCUT2D eigenvalue weighted by atomic mass is 10.2. The van der Waals surface area contributed by atoms with Crippen LogP contribution in [0.15, 0.2) is 42.6 Å². The van der Waals surface area contributed by atoms with Crippen LogP contribution in [0, 0.1) is 6.92 Å². The average molecular weight is 228 g/mol. The number of nitrogens with two attached hydrogens (primary N) is 1. The first kappa shape index (κ1) is 11.6. The molecule has 3 heteroatoms. The number of hydrogen-bond acceptors (Lipinski definition) is 3. The molecule has 0 saturated carbocycles. The molecule has 2 rings (SSSR count). The van der Waals surface area contributed by atoms with Crippen molar-refractivity contribution >= 4 is 0 Å². The Morgan fingerprint density at radius 1 is 1.18 bits per heavy atom. The summed E-state index contributed by atoms with van der Waals surface area (Å²) in [5.41, 5.74) is 7.70. The third-order valence-electron chi connectivity index (χ3n) is 2.56. The first-order valence-electron chi connectivity index (χ1n) is 5.68. The minimum atomic E-state index is 0.593. The Morgan fingerprint density at radius 2 is 2.00 bits per heavy atom. The van der Waals surface area contributed by atoms with Crippen LogP contribution in [0.2, 0.25) is 0 Å². The molecule has 17 heavy (non-hydrogen) atoms. The fraction of sp³-hybridized carbons (Fsp3) is 0.214. The summed E-state index contributed by atoms with van der Waals surface area (Å²) < 4.78 is 5.83. The van der Waals surface area contributed by atoms with Gasteiger partial charge in [-0.1, -0.05) is 24.3 Å². The van der Waals surface area contributed by atoms with E-state index in [1.54, 1.807) is 6.20 Å². The summed E-state index contributed by atoms with van der Waals surface area (Å²) in [6.45, 7) is 2.61. The number of hydrogen-bond donors (Lipinski definition) is 1. The van der Waals surface area contributed by atoms with E-state index in [-0.39, 0.29) is 0 Å². The topological polar surface area (TPSA) is 48.1 Å². The fourth-order valence-corrected chi connectivity index (χ4v) is 1.64. The number of nitrogens with zero attached hydrogens (tertiary/aromatic N) is 1. The predicted molar refractivity (Wildman–Crippen MR) is 68.2 cm³/mol. The van der Waals surface area contributed by atoms with Gasteiger partial charge in [-0.15, -0.1) is 0 Å². The molecule has 1 aromatic carbocycles. The molecule has 0 atom stereocenters. The molecular weight excluding hydrogens is 212 g/mol. The minimum Gasteiger partial charge on any atom is -0.438 e. The van der Waals surface area contributed by atoms with Crippen LogP contribution in [0.25, 0.3) is 0 Å². The Morgan fingerprint density at radius 3 is 2.76 bits per heavy atom. The molecule has 2 N–H and O–H groups in total. The fourth-order valence-electron chi connectivity index (χ4n) is 1.64. The normalized spacial score (nSPS) is 10.2. The smallest absolute Gasteiger partial charge is 0.222 e. The van der Waals surface area contributed by atoms with Gasteiger partial charge in [0.25, 0.3) is 0 Å². The van der Waals surface area contributed by atoms with E-state index < -0.39 is 0 Å². The van der Waals surface area contributed by atoms with E-state index in [9.17, 15) is 0 Å². The highest BCUT2D eigenvalue weighted by atomic mass is 16.5. The second kappa shape index (κ2) is 5.46. The highest BCUT2D eigenvalue weighted by Crippen LogP contribution is 2.25. The zero-order valence-electron chi connectivity index (χ0n) is 9.89. The van der Waals surface area contributed by atoms with E-state index >= 15 is 0 Å². The van der Waals surface area contributed by atoms with E-state index in [4.69, 9.17) is 10.5 Å². The van der Waals surface area contributed by atoms with Gasteiger partial charge in [0, 0.05) is 11.8 Å². The quantitative estimate of drug-likeness (QED) is 0.875. The van der Waals surface area contributed by atoms with Gasteiger partial charge in [0.2, 0.25) is 5.88 Å². The van der Waals surface area contributed by atoms with Gasteiger partial charge in [-0.2, -0.15) is 0 Å². The van der Waals surface area contributed by atoms with E-state index in [0.29, 0.717) is 12.4 Å². The SMILES string of the molecule is Cc1ccccc1Oc1ncccc1CCN. The summed E-state index contributed by atoms with van der Waals surface area (Å²) in [6.07, 6.45) is 2.50. The first-order chi connectivity index (χ1) is 8.31. The third kappa shape index (κ3) is 2.82. The molecule has 0 spiro atoms. The first-order valence-corrected chi connectivity index (χ1v) is 5.68. The molecule has 0 unspecified atom stereocenters. The van der Waals surface area contributed by atoms with Crippen LogP contribution in [-0.4, -0.2) is 11.5 Å². The van der Waals surface area contributed by atoms with Gasteiger partial charge >= 0.3 is 0 Å². The highest BCUT2D eigenvalue weighted by Gasteiger charge is 2.06. The number of pyridine rings is 1. The van der Waals surface area contributed by atoms with Crippen molar-refractivity contribution in [2.75, 3.05) is 6.54 Å². The molecule has 0 radical (unpaired) electrons. The molecule has 88 valence electrons. The molecule has 0 fully saturated rings. The van der Waals surface area contributed by atoms with Gasteiger partial charge < -0.3 is 10.5 Å². The van der Waals surface area contributed by atoms with E-state index in [1.165, 1.54) is 0 Å². The summed E-state index contributed by atoms with van der Waals surface area (Å²) in [7, 11) is 0. The molecule has 2 aromatic rings. The molecule has 1 aromatic heterocycles. The maximum absolute atomic E-state index is 5.83. The second-order valence-corrected chi connectivity index (χ2v) is 3.87. The minimum absolute atomic E-state index is 0.593. The van der Waals surface area contributed by atoms with Gasteiger partial charge in [0.1, 0.15) is 5.75 Å². The molecule has 1 heterocycles. The number of para-hydroxylation sites is 1. The van der Waals surface area contributed by atoms with Crippen molar-refractivity contribution in [2.24, 2.45) is 5.73 Å². The van der Waals surface area contributed by atoms with Crippen molar-refractivity contribution in [1.29, 1.82) is 0 Å². The number of ether oxygens (including phenoxy) is 1. The summed E-state index contributed by atoms with van der Waals surface area (Å²) in [6, 6.07) is 11.8. The van der Waals surface area contributed by atoms with Gasteiger partial charge in [-0.25, -0.2) is 4.98 Å². The van der Waals surface area contributed by atoms with Gasteiger partial charge in [0.05, 0.1) is 0 Å². The van der Waals surface area contributed by atoms with Crippen molar-refractivity contribution in [3.63, 3.8) is 0 Å². The lowest BCUT2D eigenvalue weighted by Gasteiger charge is -2.10. The Balaban J connectivity index is 2.27. The highest BCUT2D eigenvalue weighted by molar-refractivity contribution is 5.37. The monoisotopic (exact) mass is 228 g/mol. The Labute approximate surface area is 101 Å². The van der Waals surface area contributed by atoms with Crippen LogP contribution in [-0.2, 0) is 6.42 Å². The van der Waals surface area contributed by atoms with Crippen molar-refractivity contribution < 1.29 is 4.74 Å². The van der Waals surface area contributed by atoms with Crippen molar-refractivity contribution in [1.82, 2.24) is 4.98 Å². The van der Waals surface area contributed by atoms with E-state index in [1.807, 2.05) is 43.3 Å². The van der Waals surface area contributed by atoms with Crippen LogP contribution >= 0.6 is 0 Å². The third-order valence-corrected chi connectivity index (χ3v) is 2.56. The van der Waals surface area contributed by atoms with Crippen LogP contribution < -0.4 is 10.5 Å². The lowest BCUT2D eigenvalue weighted by Crippen LogP contribution is -2.05. The summed E-state index contributed by atoms with van der Waals surface area (Å²) in [4.78, 5) is 4.26. The largest absolute Gasteiger partial charge is 0.438 e. The van der Waals surface area contributed by atoms with Gasteiger partial charge in [-0.3, -0.25) is 0 Å². The molecule has 0 aliphatic carbocycles. The summed E-state index contributed by atoms with van der Waals surface area (Å²) in [5.74, 6) is 1.48. The molecule has 0 saturated heterocycles. The van der Waals surface area contributed by atoms with Gasteiger partial charge in [0.15, 0.2) is 0 Å². The summed E-state index contributed by atoms with van der Waals surface area (Å²) >= 11 is 0. The lowest BCUT2D eigenvalue weighted by molar-refractivity contribution is 0.453. The average Bonchev–Trinajstić information content (AvgIpc) is 2.35. The maximum atomic E-state index is 5.83. The number of benzene rings is 1. The Bertz CT molecular complexity index is 497. The molecule has 0 aliphatic rings. The van der Waals surface area contributed by atoms with E-state index in [0.717, 1.165) is 23.3 Å². The molecular formula is C14H16N2O. The zero-order valence-corrected chi connectivity index (χ0v) is 9.89. The number of aromatic nitrogens is 1. The van der Waals surface area contributed by atoms with Crippen LogP contribution in [0.4, 0.5) is 0 Å². The molecule has 0 aliphatic heterocycles. The number of aryl methyl sites for hydroxylation is 1. The molecule has 0 amide bonds. The summed E-state index contributed by atoms with van der Waals surface area (Å²) in [5, 5.41) is 0. The predicted octanol–water partition coefficient (Wildman–Crippen LogP) is 2.68. The maximum Gasteiger partial charge on any atom is 0.222 e. The van der Waals surface area contributed by atoms with Gasteiger partial charge in [-0.05, 0) is 37.6 Å². The molecule has 0 bridgehead atoms. The van der Waals surface area contributed by atoms with Crippen LogP contribution in [0.1, 0.15) is 11.1 Å². The Hall–Kier alpha value is -1.87. The number of rotatable bonds is 4. The van der Waals surface area contributed by atoms with Crippen LogP contribution in [0.3, 0.4) is 0 Å². The van der Waals surface area contributed by atoms with Crippen molar-refractivity contribution in [3.05, 3.63) is 53.7 Å². The van der Waals surface area contributed by atoms with Crippen molar-refractivity contribution in [3.8, 4) is 11.6 Å². The molecule has 3 nitrogen and oxygen atoms in total. The Kier molecular flexibility index (Phi) is 3.73. The standard InChI is InChI=1S/C14H16N2O/c1-11-5-2-3-7-13(11)17-14-12(8-9-15)6-4-10-16-14/h2-7,10H,8-9,15H2,1H3. The van der Waals surface area contributed by atoms with E-state index in [2.05, 4.69) is 4.98 Å².